The summed E-state index contributed by atoms with van der Waals surface area (Å²) in [4.78, 5) is 11.5. The van der Waals surface area contributed by atoms with E-state index in [0.717, 1.165) is 12.8 Å². The number of carbonyl (C=O) groups is 1. The normalized spacial score (nSPS) is 26.8. The van der Waals surface area contributed by atoms with Gasteiger partial charge in [0.2, 0.25) is 0 Å². The van der Waals surface area contributed by atoms with Gasteiger partial charge in [0.15, 0.2) is 0 Å². The van der Waals surface area contributed by atoms with Crippen molar-refractivity contribution in [3.05, 3.63) is 24.3 Å². The molecule has 6 atom stereocenters. The summed E-state index contributed by atoms with van der Waals surface area (Å²) in [6.45, 7) is 8.21. The zero-order chi connectivity index (χ0) is 17.4. The summed E-state index contributed by atoms with van der Waals surface area (Å²) in [5, 5.41) is 10.6. The van der Waals surface area contributed by atoms with Gasteiger partial charge in [0.25, 0.3) is 0 Å². The van der Waals surface area contributed by atoms with E-state index in [0.29, 0.717) is 12.3 Å². The van der Waals surface area contributed by atoms with Crippen LogP contribution in [0, 0.1) is 17.8 Å². The predicted octanol–water partition coefficient (Wildman–Crippen LogP) is 3.50. The van der Waals surface area contributed by atoms with Crippen LogP contribution in [-0.4, -0.2) is 36.5 Å². The standard InChI is InChI=1S/C19H32O4/c1-6-8-9-13(3)19(22-5)14(4)16(20)12-17-15(7-2)10-11-18(21)23-17/h6,8,10-11,13-17,19-20H,7,9,12H2,1-5H3. The number of hydrogen-bond donors (Lipinski definition) is 1. The Bertz CT molecular complexity index is 416. The van der Waals surface area contributed by atoms with Crippen molar-refractivity contribution in [1.29, 1.82) is 0 Å². The first-order chi connectivity index (χ1) is 10.9. The molecule has 0 aliphatic carbocycles. The van der Waals surface area contributed by atoms with Crippen LogP contribution in [0.4, 0.5) is 0 Å². The molecule has 1 heterocycles. The second-order valence-electron chi connectivity index (χ2n) is 6.55. The van der Waals surface area contributed by atoms with E-state index in [4.69, 9.17) is 9.47 Å². The molecule has 132 valence electrons. The number of hydrogen-bond acceptors (Lipinski definition) is 4. The summed E-state index contributed by atoms with van der Waals surface area (Å²) in [6, 6.07) is 0. The molecule has 6 unspecified atom stereocenters. The maximum absolute atomic E-state index is 11.5. The summed E-state index contributed by atoms with van der Waals surface area (Å²) >= 11 is 0. The lowest BCUT2D eigenvalue weighted by molar-refractivity contribution is -0.149. The minimum atomic E-state index is -0.564. The molecule has 0 saturated heterocycles. The zero-order valence-corrected chi connectivity index (χ0v) is 15.1. The van der Waals surface area contributed by atoms with E-state index in [1.54, 1.807) is 7.11 Å². The average Bonchev–Trinajstić information content (AvgIpc) is 2.53. The van der Waals surface area contributed by atoms with E-state index in [-0.39, 0.29) is 30.0 Å². The number of esters is 1. The highest BCUT2D eigenvalue weighted by atomic mass is 16.5. The minimum Gasteiger partial charge on any atom is -0.458 e. The van der Waals surface area contributed by atoms with Crippen LogP contribution in [0.15, 0.2) is 24.3 Å². The molecule has 1 aliphatic rings. The number of allylic oxidation sites excluding steroid dienone is 2. The molecule has 1 rings (SSSR count). The number of aliphatic hydroxyl groups is 1. The number of ether oxygens (including phenoxy) is 2. The molecule has 4 heteroatoms. The van der Waals surface area contributed by atoms with Crippen LogP contribution < -0.4 is 0 Å². The third kappa shape index (κ3) is 5.78. The molecule has 0 radical (unpaired) electrons. The molecule has 0 spiro atoms. The van der Waals surface area contributed by atoms with E-state index in [2.05, 4.69) is 19.9 Å². The summed E-state index contributed by atoms with van der Waals surface area (Å²) < 4.78 is 11.1. The fourth-order valence-electron chi connectivity index (χ4n) is 3.35. The lowest BCUT2D eigenvalue weighted by Gasteiger charge is -2.34. The Kier molecular flexibility index (Phi) is 8.56. The highest BCUT2D eigenvalue weighted by Gasteiger charge is 2.33. The van der Waals surface area contributed by atoms with Crippen molar-refractivity contribution in [2.45, 2.75) is 65.3 Å². The Balaban J connectivity index is 2.68. The first kappa shape index (κ1) is 19.9. The second-order valence-corrected chi connectivity index (χ2v) is 6.55. The fraction of sp³-hybridized carbons (Fsp3) is 0.737. The molecule has 0 aromatic heterocycles. The summed E-state index contributed by atoms with van der Waals surface area (Å²) in [6.07, 6.45) is 8.95. The van der Waals surface area contributed by atoms with E-state index in [1.165, 1.54) is 6.08 Å². The van der Waals surface area contributed by atoms with Gasteiger partial charge in [0, 0.05) is 31.4 Å². The van der Waals surface area contributed by atoms with Crippen molar-refractivity contribution in [3.8, 4) is 0 Å². The van der Waals surface area contributed by atoms with E-state index in [1.807, 2.05) is 26.0 Å². The fourth-order valence-corrected chi connectivity index (χ4v) is 3.35. The SMILES string of the molecule is CC=CCC(C)C(OC)C(C)C(O)CC1OC(=O)C=CC1CC. The molecule has 0 aromatic rings. The van der Waals surface area contributed by atoms with Crippen LogP contribution in [0.25, 0.3) is 0 Å². The highest BCUT2D eigenvalue weighted by molar-refractivity contribution is 5.82. The number of methoxy groups -OCH3 is 1. The summed E-state index contributed by atoms with van der Waals surface area (Å²) in [5.74, 6) is 0.152. The number of cyclic esters (lactones) is 1. The number of rotatable bonds is 9. The molecular formula is C19H32O4. The van der Waals surface area contributed by atoms with Crippen LogP contribution in [0.1, 0.15) is 47.0 Å². The van der Waals surface area contributed by atoms with Gasteiger partial charge in [-0.05, 0) is 25.7 Å². The van der Waals surface area contributed by atoms with Gasteiger partial charge < -0.3 is 14.6 Å². The molecule has 0 aromatic carbocycles. The molecule has 23 heavy (non-hydrogen) atoms. The van der Waals surface area contributed by atoms with Gasteiger partial charge in [-0.1, -0.05) is 39.0 Å². The highest BCUT2D eigenvalue weighted by Crippen LogP contribution is 2.29. The van der Waals surface area contributed by atoms with Crippen LogP contribution in [0.3, 0.4) is 0 Å². The lowest BCUT2D eigenvalue weighted by Crippen LogP contribution is -2.40. The van der Waals surface area contributed by atoms with Gasteiger partial charge in [-0.15, -0.1) is 0 Å². The van der Waals surface area contributed by atoms with Gasteiger partial charge in [-0.3, -0.25) is 0 Å². The predicted molar refractivity (Wildman–Crippen MR) is 92.0 cm³/mol. The topological polar surface area (TPSA) is 55.8 Å². The zero-order valence-electron chi connectivity index (χ0n) is 15.1. The Labute approximate surface area is 140 Å². The molecule has 1 aliphatic heterocycles. The Hall–Kier alpha value is -1.13. The van der Waals surface area contributed by atoms with Crippen molar-refractivity contribution >= 4 is 5.97 Å². The largest absolute Gasteiger partial charge is 0.458 e. The van der Waals surface area contributed by atoms with Crippen molar-refractivity contribution in [2.75, 3.05) is 7.11 Å². The van der Waals surface area contributed by atoms with Crippen molar-refractivity contribution < 1.29 is 19.4 Å². The quantitative estimate of drug-likeness (QED) is 0.521. The summed E-state index contributed by atoms with van der Waals surface area (Å²) in [5.41, 5.74) is 0. The van der Waals surface area contributed by atoms with Crippen molar-refractivity contribution in [1.82, 2.24) is 0 Å². The van der Waals surface area contributed by atoms with E-state index in [9.17, 15) is 9.90 Å². The van der Waals surface area contributed by atoms with Gasteiger partial charge in [0.05, 0.1) is 12.2 Å². The summed E-state index contributed by atoms with van der Waals surface area (Å²) in [7, 11) is 1.69. The Morgan fingerprint density at radius 2 is 2.13 bits per heavy atom. The third-order valence-electron chi connectivity index (χ3n) is 4.87. The molecule has 0 saturated carbocycles. The van der Waals surface area contributed by atoms with E-state index < -0.39 is 6.10 Å². The lowest BCUT2D eigenvalue weighted by atomic mass is 9.83. The van der Waals surface area contributed by atoms with Crippen LogP contribution >= 0.6 is 0 Å². The minimum absolute atomic E-state index is 0.0256. The molecule has 0 fully saturated rings. The maximum Gasteiger partial charge on any atom is 0.330 e. The third-order valence-corrected chi connectivity index (χ3v) is 4.87. The Morgan fingerprint density at radius 1 is 1.43 bits per heavy atom. The van der Waals surface area contributed by atoms with Crippen LogP contribution in [0.5, 0.6) is 0 Å². The first-order valence-corrected chi connectivity index (χ1v) is 8.65. The van der Waals surface area contributed by atoms with Crippen LogP contribution in [0.2, 0.25) is 0 Å². The molecule has 0 bridgehead atoms. The second kappa shape index (κ2) is 9.89. The Morgan fingerprint density at radius 3 is 2.70 bits per heavy atom. The van der Waals surface area contributed by atoms with Crippen molar-refractivity contribution in [2.24, 2.45) is 17.8 Å². The monoisotopic (exact) mass is 324 g/mol. The number of carbonyl (C=O) groups excluding carboxylic acids is 1. The average molecular weight is 324 g/mol. The van der Waals surface area contributed by atoms with Gasteiger partial charge in [0.1, 0.15) is 6.10 Å². The smallest absolute Gasteiger partial charge is 0.330 e. The first-order valence-electron chi connectivity index (χ1n) is 8.65. The molecule has 0 amide bonds. The van der Waals surface area contributed by atoms with Gasteiger partial charge in [-0.25, -0.2) is 4.79 Å². The van der Waals surface area contributed by atoms with E-state index >= 15 is 0 Å². The van der Waals surface area contributed by atoms with Crippen LogP contribution in [-0.2, 0) is 14.3 Å². The van der Waals surface area contributed by atoms with Gasteiger partial charge >= 0.3 is 5.97 Å². The van der Waals surface area contributed by atoms with Gasteiger partial charge in [-0.2, -0.15) is 0 Å². The maximum atomic E-state index is 11.5. The molecular weight excluding hydrogens is 292 g/mol. The molecule has 4 nitrogen and oxygen atoms in total. The number of aliphatic hydroxyl groups excluding tert-OH is 1. The molecule has 1 N–H and O–H groups in total. The van der Waals surface area contributed by atoms with Crippen molar-refractivity contribution in [3.63, 3.8) is 0 Å².